The Labute approximate surface area is 61.0 Å². The Kier molecular flexibility index (Phi) is 9.68. The maximum Gasteiger partial charge on any atom is 0.371 e. The third-order valence-electron chi connectivity index (χ3n) is 0.599. The van der Waals surface area contributed by atoms with Crippen molar-refractivity contribution in [1.82, 2.24) is 0 Å². The number of aliphatic hydroxyl groups excluding tert-OH is 1. The molecule has 0 spiro atoms. The van der Waals surface area contributed by atoms with E-state index in [1.54, 1.807) is 0 Å². The van der Waals surface area contributed by atoms with Crippen LogP contribution in [0.25, 0.3) is 0 Å². The lowest BCUT2D eigenvalue weighted by Gasteiger charge is -1.89. The van der Waals surface area contributed by atoms with Crippen molar-refractivity contribution in [3.05, 3.63) is 11.8 Å². The highest BCUT2D eigenvalue weighted by Crippen LogP contribution is 1.90. The van der Waals surface area contributed by atoms with Gasteiger partial charge in [-0.15, -0.1) is 0 Å². The molecule has 0 heterocycles. The van der Waals surface area contributed by atoms with Crippen LogP contribution in [0.4, 0.5) is 0 Å². The van der Waals surface area contributed by atoms with Gasteiger partial charge in [0.05, 0.1) is 11.8 Å². The molecule has 0 aromatic heterocycles. The second-order valence-electron chi connectivity index (χ2n) is 1.19. The van der Waals surface area contributed by atoms with Crippen molar-refractivity contribution in [3.63, 3.8) is 0 Å². The summed E-state index contributed by atoms with van der Waals surface area (Å²) < 4.78 is 0. The molecule has 0 unspecified atom stereocenters. The highest BCUT2D eigenvalue weighted by Gasteiger charge is 2.02. The zero-order chi connectivity index (χ0) is 8.57. The monoisotopic (exact) mass is 166 g/mol. The molecular weight excluding hydrogens is 156 g/mol. The average Bonchev–Trinajstić information content (AvgIpc) is 2.05. The Morgan fingerprint density at radius 2 is 2.00 bits per heavy atom. The molecule has 0 saturated heterocycles. The molecule has 0 aliphatic rings. The molecule has 6 heteroatoms. The fourth-order valence-corrected chi connectivity index (χ4v) is 0.125. The predicted octanol–water partition coefficient (Wildman–Crippen LogP) is -1.28. The molecule has 10 heavy (non-hydrogen) atoms. The van der Waals surface area contributed by atoms with Gasteiger partial charge in [-0.3, -0.25) is 4.89 Å². The molecule has 60 valence electrons. The van der Waals surface area contributed by atoms with Crippen LogP contribution in [-0.2, 0) is 9.68 Å². The number of carbonyl (C=O) groups excluding carboxylic acids is 1. The maximum atomic E-state index is 10.0. The lowest BCUT2D eigenvalue weighted by atomic mass is 10.4. The van der Waals surface area contributed by atoms with Gasteiger partial charge < -0.3 is 9.90 Å². The fraction of sp³-hybridized carbons (Fsp3) is 0.250. The molecule has 5 nitrogen and oxygen atoms in total. The van der Waals surface area contributed by atoms with Gasteiger partial charge in [0.1, 0.15) is 10.5 Å². The Bertz CT molecular complexity index is 121. The second-order valence-corrected chi connectivity index (χ2v) is 1.19. The second kappa shape index (κ2) is 8.15. The third kappa shape index (κ3) is 5.29. The smallest absolute Gasteiger partial charge is 0.371 e. The quantitative estimate of drug-likeness (QED) is 0.148. The zero-order valence-electron chi connectivity index (χ0n) is 5.74. The summed E-state index contributed by atoms with van der Waals surface area (Å²) in [6, 6.07) is 0. The van der Waals surface area contributed by atoms with E-state index >= 15 is 0 Å². The Morgan fingerprint density at radius 1 is 1.60 bits per heavy atom. The van der Waals surface area contributed by atoms with Crippen molar-refractivity contribution in [3.8, 4) is 0 Å². The topological polar surface area (TPSA) is 87.0 Å². The number of aliphatic hydroxyl groups is 1. The summed E-state index contributed by atoms with van der Waals surface area (Å²) in [4.78, 5) is 20.4. The van der Waals surface area contributed by atoms with Crippen molar-refractivity contribution in [2.45, 2.75) is 6.92 Å². The fourth-order valence-electron chi connectivity index (χ4n) is 0.125. The van der Waals surface area contributed by atoms with Gasteiger partial charge in [-0.25, -0.2) is 4.79 Å². The van der Waals surface area contributed by atoms with Crippen LogP contribution in [0.15, 0.2) is 11.8 Å². The van der Waals surface area contributed by atoms with Gasteiger partial charge in [-0.05, 0) is 6.92 Å². The van der Waals surface area contributed by atoms with Gasteiger partial charge in [-0.1, -0.05) is 0 Å². The van der Waals surface area contributed by atoms with Crippen LogP contribution >= 0.6 is 0 Å². The standard InChI is InChI=1S/C4H6O4.H4OSi/c1-3(2-5)4(6)8-7;1-2/h2,5,7H,1H3;1H,2H3. The molecule has 0 bridgehead atoms. The first-order valence-corrected chi connectivity index (χ1v) is 3.23. The van der Waals surface area contributed by atoms with Crippen LogP contribution in [0.3, 0.4) is 0 Å². The largest absolute Gasteiger partial charge is 0.515 e. The summed E-state index contributed by atoms with van der Waals surface area (Å²) in [5.74, 6) is -0.951. The zero-order valence-corrected chi connectivity index (χ0v) is 7.74. The molecular formula is C4H10O5Si. The predicted molar refractivity (Wildman–Crippen MR) is 37.3 cm³/mol. The molecule has 0 saturated carbocycles. The SMILES string of the molecule is CC(=CO)C(=O)OO.O[SiH3]. The summed E-state index contributed by atoms with van der Waals surface area (Å²) in [5.41, 5.74) is -0.0486. The van der Waals surface area contributed by atoms with Crippen molar-refractivity contribution in [2.24, 2.45) is 0 Å². The molecule has 0 fully saturated rings. The minimum Gasteiger partial charge on any atom is -0.515 e. The highest BCUT2D eigenvalue weighted by atomic mass is 28.2. The van der Waals surface area contributed by atoms with Gasteiger partial charge in [-0.2, -0.15) is 5.26 Å². The minimum atomic E-state index is -0.951. The van der Waals surface area contributed by atoms with E-state index in [4.69, 9.17) is 15.2 Å². The van der Waals surface area contributed by atoms with E-state index < -0.39 is 5.97 Å². The van der Waals surface area contributed by atoms with Gasteiger partial charge in [0.15, 0.2) is 0 Å². The Hall–Kier alpha value is -0.853. The molecule has 0 radical (unpaired) electrons. The van der Waals surface area contributed by atoms with Crippen LogP contribution in [-0.4, -0.2) is 31.6 Å². The van der Waals surface area contributed by atoms with Crippen molar-refractivity contribution in [1.29, 1.82) is 0 Å². The van der Waals surface area contributed by atoms with Gasteiger partial charge in [0.2, 0.25) is 0 Å². The summed E-state index contributed by atoms with van der Waals surface area (Å²) in [6.45, 7) is 1.30. The normalized spacial score (nSPS) is 9.70. The van der Waals surface area contributed by atoms with Crippen molar-refractivity contribution in [2.75, 3.05) is 0 Å². The van der Waals surface area contributed by atoms with Crippen molar-refractivity contribution >= 4 is 16.5 Å². The van der Waals surface area contributed by atoms with Gasteiger partial charge in [0, 0.05) is 0 Å². The summed E-state index contributed by atoms with van der Waals surface area (Å²) >= 11 is 0. The lowest BCUT2D eigenvalue weighted by molar-refractivity contribution is -0.229. The summed E-state index contributed by atoms with van der Waals surface area (Å²) in [5, 5.41) is 15.7. The number of carbonyl (C=O) groups is 1. The first-order valence-electron chi connectivity index (χ1n) is 2.33. The van der Waals surface area contributed by atoms with E-state index in [1.807, 2.05) is 0 Å². The number of hydrogen-bond acceptors (Lipinski definition) is 5. The van der Waals surface area contributed by atoms with Crippen LogP contribution in [0.5, 0.6) is 0 Å². The van der Waals surface area contributed by atoms with E-state index in [0.717, 1.165) is 0 Å². The lowest BCUT2D eigenvalue weighted by Crippen LogP contribution is -2.01. The van der Waals surface area contributed by atoms with Gasteiger partial charge in [0.25, 0.3) is 0 Å². The highest BCUT2D eigenvalue weighted by molar-refractivity contribution is 5.95. The van der Waals surface area contributed by atoms with Crippen LogP contribution in [0, 0.1) is 0 Å². The minimum absolute atomic E-state index is 0.0486. The van der Waals surface area contributed by atoms with E-state index in [-0.39, 0.29) is 5.57 Å². The maximum absolute atomic E-state index is 10.0. The van der Waals surface area contributed by atoms with Crippen molar-refractivity contribution < 1.29 is 24.8 Å². The number of hydrogen-bond donors (Lipinski definition) is 3. The number of rotatable bonds is 1. The third-order valence-corrected chi connectivity index (χ3v) is 0.599. The Morgan fingerprint density at radius 3 is 2.10 bits per heavy atom. The van der Waals surface area contributed by atoms with E-state index in [2.05, 4.69) is 4.89 Å². The van der Waals surface area contributed by atoms with E-state index in [0.29, 0.717) is 16.7 Å². The Balaban J connectivity index is 0. The molecule has 0 amide bonds. The van der Waals surface area contributed by atoms with E-state index in [1.165, 1.54) is 6.92 Å². The molecule has 0 rings (SSSR count). The summed E-state index contributed by atoms with van der Waals surface area (Å²) in [7, 11) is 0.306. The molecule has 0 aromatic carbocycles. The summed E-state index contributed by atoms with van der Waals surface area (Å²) in [6.07, 6.45) is 0.554. The van der Waals surface area contributed by atoms with Crippen LogP contribution in [0.2, 0.25) is 0 Å². The molecule has 0 atom stereocenters. The van der Waals surface area contributed by atoms with Gasteiger partial charge >= 0.3 is 5.97 Å². The molecule has 0 aromatic rings. The molecule has 3 N–H and O–H groups in total. The van der Waals surface area contributed by atoms with Crippen LogP contribution < -0.4 is 0 Å². The first kappa shape index (κ1) is 11.9. The average molecular weight is 166 g/mol. The van der Waals surface area contributed by atoms with Crippen LogP contribution in [0.1, 0.15) is 6.92 Å². The molecule has 0 aliphatic carbocycles. The van der Waals surface area contributed by atoms with E-state index in [9.17, 15) is 4.79 Å². The molecule has 0 aliphatic heterocycles. The first-order chi connectivity index (χ1) is 4.72.